The molecular formula is C20H29NO2S. The lowest BCUT2D eigenvalue weighted by molar-refractivity contribution is 0.0606. The first-order valence-corrected chi connectivity index (χ1v) is 10.1. The van der Waals surface area contributed by atoms with Crippen molar-refractivity contribution < 1.29 is 9.53 Å². The van der Waals surface area contributed by atoms with E-state index in [0.29, 0.717) is 5.92 Å². The highest BCUT2D eigenvalue weighted by Crippen LogP contribution is 2.41. The summed E-state index contributed by atoms with van der Waals surface area (Å²) in [7, 11) is 1.48. The first-order chi connectivity index (χ1) is 11.6. The Labute approximate surface area is 149 Å². The van der Waals surface area contributed by atoms with Gasteiger partial charge >= 0.3 is 5.97 Å². The number of nitrogens with zero attached hydrogens (tertiary/aromatic N) is 1. The van der Waals surface area contributed by atoms with E-state index in [1.54, 1.807) is 5.57 Å². The fraction of sp³-hybridized carbons (Fsp3) is 0.650. The van der Waals surface area contributed by atoms with Crippen molar-refractivity contribution in [1.29, 1.82) is 0 Å². The fourth-order valence-corrected chi connectivity index (χ4v) is 5.04. The Hall–Kier alpha value is -1.13. The summed E-state index contributed by atoms with van der Waals surface area (Å²) in [5.74, 6) is 1.36. The van der Waals surface area contributed by atoms with Gasteiger partial charge in [-0.25, -0.2) is 4.79 Å². The number of rotatable bonds is 4. The SMILES string of the molecule is CCN1CCC(c2ccsc2C(=O)OC)=C(C2CCC(C)CC2)C1. The van der Waals surface area contributed by atoms with Gasteiger partial charge in [-0.05, 0) is 60.2 Å². The third kappa shape index (κ3) is 3.60. The third-order valence-electron chi connectivity index (χ3n) is 5.78. The van der Waals surface area contributed by atoms with E-state index in [9.17, 15) is 4.79 Å². The maximum atomic E-state index is 12.1. The van der Waals surface area contributed by atoms with E-state index >= 15 is 0 Å². The molecule has 24 heavy (non-hydrogen) atoms. The Balaban J connectivity index is 1.97. The molecule has 0 N–H and O–H groups in total. The van der Waals surface area contributed by atoms with Crippen LogP contribution < -0.4 is 0 Å². The summed E-state index contributed by atoms with van der Waals surface area (Å²) in [4.78, 5) is 15.5. The minimum atomic E-state index is -0.193. The lowest BCUT2D eigenvalue weighted by Gasteiger charge is -2.36. The van der Waals surface area contributed by atoms with Gasteiger partial charge < -0.3 is 4.74 Å². The molecule has 2 heterocycles. The Morgan fingerprint density at radius 3 is 2.75 bits per heavy atom. The lowest BCUT2D eigenvalue weighted by atomic mass is 9.75. The summed E-state index contributed by atoms with van der Waals surface area (Å²) in [6.45, 7) is 7.89. The van der Waals surface area contributed by atoms with Crippen molar-refractivity contribution in [3.8, 4) is 0 Å². The number of hydrogen-bond donors (Lipinski definition) is 0. The Kier molecular flexibility index (Phi) is 5.77. The van der Waals surface area contributed by atoms with Crippen molar-refractivity contribution in [2.75, 3.05) is 26.7 Å². The number of hydrogen-bond acceptors (Lipinski definition) is 4. The number of ether oxygens (including phenoxy) is 1. The molecule has 1 saturated carbocycles. The van der Waals surface area contributed by atoms with Gasteiger partial charge in [0.15, 0.2) is 0 Å². The smallest absolute Gasteiger partial charge is 0.348 e. The van der Waals surface area contributed by atoms with Crippen LogP contribution in [0.1, 0.15) is 61.2 Å². The molecule has 0 atom stereocenters. The van der Waals surface area contributed by atoms with Crippen LogP contribution in [0.4, 0.5) is 0 Å². The molecule has 3 rings (SSSR count). The van der Waals surface area contributed by atoms with Crippen LogP contribution in [0.15, 0.2) is 17.0 Å². The van der Waals surface area contributed by atoms with Crippen LogP contribution in [0, 0.1) is 11.8 Å². The Morgan fingerprint density at radius 1 is 1.33 bits per heavy atom. The van der Waals surface area contributed by atoms with Gasteiger partial charge in [-0.2, -0.15) is 0 Å². The van der Waals surface area contributed by atoms with Crippen molar-refractivity contribution in [1.82, 2.24) is 4.90 Å². The summed E-state index contributed by atoms with van der Waals surface area (Å²) < 4.78 is 5.00. The summed E-state index contributed by atoms with van der Waals surface area (Å²) in [5, 5.41) is 2.03. The normalized spacial score (nSPS) is 25.8. The summed E-state index contributed by atoms with van der Waals surface area (Å²) in [5.41, 5.74) is 4.16. The van der Waals surface area contributed by atoms with Gasteiger partial charge in [0.2, 0.25) is 0 Å². The third-order valence-corrected chi connectivity index (χ3v) is 6.67. The molecule has 1 aliphatic heterocycles. The largest absolute Gasteiger partial charge is 0.465 e. The Bertz CT molecular complexity index is 611. The van der Waals surface area contributed by atoms with E-state index in [1.807, 2.05) is 5.38 Å². The molecule has 3 nitrogen and oxygen atoms in total. The lowest BCUT2D eigenvalue weighted by Crippen LogP contribution is -2.34. The zero-order valence-electron chi connectivity index (χ0n) is 15.1. The maximum absolute atomic E-state index is 12.1. The molecular weight excluding hydrogens is 318 g/mol. The average molecular weight is 348 g/mol. The molecule has 0 aromatic carbocycles. The highest BCUT2D eigenvalue weighted by molar-refractivity contribution is 7.12. The second kappa shape index (κ2) is 7.83. The van der Waals surface area contributed by atoms with Crippen molar-refractivity contribution in [2.24, 2.45) is 11.8 Å². The van der Waals surface area contributed by atoms with E-state index in [-0.39, 0.29) is 5.97 Å². The molecule has 0 bridgehead atoms. The molecule has 0 unspecified atom stereocenters. The van der Waals surface area contributed by atoms with Gasteiger partial charge in [0.05, 0.1) is 7.11 Å². The van der Waals surface area contributed by atoms with Crippen molar-refractivity contribution in [3.05, 3.63) is 27.5 Å². The van der Waals surface area contributed by atoms with Gasteiger partial charge in [-0.15, -0.1) is 11.3 Å². The predicted octanol–water partition coefficient (Wildman–Crippen LogP) is 4.84. The minimum Gasteiger partial charge on any atom is -0.465 e. The molecule has 0 radical (unpaired) electrons. The zero-order chi connectivity index (χ0) is 17.1. The number of thiophene rings is 1. The monoisotopic (exact) mass is 347 g/mol. The first-order valence-electron chi connectivity index (χ1n) is 9.24. The van der Waals surface area contributed by atoms with Crippen LogP contribution in [0.3, 0.4) is 0 Å². The van der Waals surface area contributed by atoms with Gasteiger partial charge in [0.1, 0.15) is 4.88 Å². The van der Waals surface area contributed by atoms with Crippen molar-refractivity contribution in [3.63, 3.8) is 0 Å². The molecule has 0 saturated heterocycles. The van der Waals surface area contributed by atoms with E-state index in [4.69, 9.17) is 4.74 Å². The van der Waals surface area contributed by atoms with Gasteiger partial charge in [0, 0.05) is 18.7 Å². The highest BCUT2D eigenvalue weighted by Gasteiger charge is 2.30. The van der Waals surface area contributed by atoms with E-state index in [1.165, 1.54) is 49.7 Å². The molecule has 2 aliphatic rings. The van der Waals surface area contributed by atoms with Crippen LogP contribution in [0.5, 0.6) is 0 Å². The highest BCUT2D eigenvalue weighted by atomic mass is 32.1. The number of carbonyl (C=O) groups is 1. The molecule has 0 spiro atoms. The van der Waals surface area contributed by atoms with Crippen LogP contribution >= 0.6 is 11.3 Å². The molecule has 0 amide bonds. The van der Waals surface area contributed by atoms with Crippen molar-refractivity contribution >= 4 is 22.9 Å². The number of esters is 1. The van der Waals surface area contributed by atoms with E-state index in [2.05, 4.69) is 24.8 Å². The summed E-state index contributed by atoms with van der Waals surface area (Å²) in [6.07, 6.45) is 6.32. The molecule has 1 fully saturated rings. The van der Waals surface area contributed by atoms with Gasteiger partial charge in [0.25, 0.3) is 0 Å². The maximum Gasteiger partial charge on any atom is 0.348 e. The number of methoxy groups -OCH3 is 1. The number of likely N-dealkylation sites (N-methyl/N-ethyl adjacent to an activating group) is 1. The van der Waals surface area contributed by atoms with Crippen LogP contribution in [-0.4, -0.2) is 37.6 Å². The molecule has 132 valence electrons. The summed E-state index contributed by atoms with van der Waals surface area (Å²) >= 11 is 1.51. The average Bonchev–Trinajstić information content (AvgIpc) is 3.10. The minimum absolute atomic E-state index is 0.193. The van der Waals surface area contributed by atoms with Crippen LogP contribution in [0.2, 0.25) is 0 Å². The van der Waals surface area contributed by atoms with E-state index < -0.39 is 0 Å². The van der Waals surface area contributed by atoms with Crippen LogP contribution in [0.25, 0.3) is 5.57 Å². The van der Waals surface area contributed by atoms with Gasteiger partial charge in [-0.3, -0.25) is 4.90 Å². The van der Waals surface area contributed by atoms with Crippen molar-refractivity contribution in [2.45, 2.75) is 46.0 Å². The summed E-state index contributed by atoms with van der Waals surface area (Å²) in [6, 6.07) is 2.12. The van der Waals surface area contributed by atoms with E-state index in [0.717, 1.165) is 42.4 Å². The topological polar surface area (TPSA) is 29.5 Å². The second-order valence-electron chi connectivity index (χ2n) is 7.23. The molecule has 4 heteroatoms. The molecule has 1 aromatic rings. The fourth-order valence-electron chi connectivity index (χ4n) is 4.21. The van der Waals surface area contributed by atoms with Crippen LogP contribution in [-0.2, 0) is 4.74 Å². The quantitative estimate of drug-likeness (QED) is 0.730. The standard InChI is InChI=1S/C20H29NO2S/c1-4-21-11-9-16(17-10-12-24-19(17)20(22)23-3)18(13-21)15-7-5-14(2)6-8-15/h10,12,14-15H,4-9,11,13H2,1-3H3. The zero-order valence-corrected chi connectivity index (χ0v) is 16.0. The second-order valence-corrected chi connectivity index (χ2v) is 8.15. The predicted molar refractivity (Wildman–Crippen MR) is 100 cm³/mol. The Morgan fingerprint density at radius 2 is 2.08 bits per heavy atom. The molecule has 1 aromatic heterocycles. The first kappa shape index (κ1) is 17.7. The molecule has 1 aliphatic carbocycles. The number of carbonyl (C=O) groups excluding carboxylic acids is 1. The van der Waals surface area contributed by atoms with Gasteiger partial charge in [-0.1, -0.05) is 26.7 Å².